The Morgan fingerprint density at radius 1 is 1.35 bits per heavy atom. The van der Waals surface area contributed by atoms with Crippen molar-refractivity contribution in [3.8, 4) is 0 Å². The van der Waals surface area contributed by atoms with Gasteiger partial charge in [0, 0.05) is 31.9 Å². The Morgan fingerprint density at radius 3 is 2.88 bits per heavy atom. The second-order valence-electron chi connectivity index (χ2n) is 4.16. The van der Waals surface area contributed by atoms with Crippen molar-refractivity contribution in [1.29, 1.82) is 0 Å². The Hall–Kier alpha value is -1.11. The van der Waals surface area contributed by atoms with Crippen LogP contribution in [0, 0.1) is 0 Å². The van der Waals surface area contributed by atoms with Gasteiger partial charge in [0.15, 0.2) is 0 Å². The first-order valence-electron chi connectivity index (χ1n) is 5.60. The number of benzene rings is 1. The van der Waals surface area contributed by atoms with Gasteiger partial charge in [-0.15, -0.1) is 0 Å². The zero-order valence-electron chi connectivity index (χ0n) is 9.59. The number of para-hydroxylation sites is 1. The van der Waals surface area contributed by atoms with E-state index in [4.69, 9.17) is 5.14 Å². The maximum Gasteiger partial charge on any atom is 0.210 e. The highest BCUT2D eigenvalue weighted by Gasteiger charge is 2.15. The molecule has 0 spiro atoms. The molecule has 2 rings (SSSR count). The maximum absolute atomic E-state index is 11.0. The van der Waals surface area contributed by atoms with Gasteiger partial charge in [-0.2, -0.15) is 0 Å². The summed E-state index contributed by atoms with van der Waals surface area (Å²) in [6.45, 7) is 2.91. The van der Waals surface area contributed by atoms with Crippen LogP contribution in [0.3, 0.4) is 0 Å². The van der Waals surface area contributed by atoms with E-state index < -0.39 is 10.0 Å². The number of nitrogens with one attached hydrogen (secondary N) is 1. The summed E-state index contributed by atoms with van der Waals surface area (Å²) in [7, 11) is -3.40. The van der Waals surface area contributed by atoms with Gasteiger partial charge in [0.1, 0.15) is 0 Å². The first-order chi connectivity index (χ1) is 8.06. The zero-order chi connectivity index (χ0) is 12.3. The average Bonchev–Trinajstić information content (AvgIpc) is 2.47. The molecular weight excluding hydrogens is 238 g/mol. The molecule has 0 saturated carbocycles. The lowest BCUT2D eigenvalue weighted by Crippen LogP contribution is -2.34. The highest BCUT2D eigenvalue weighted by Crippen LogP contribution is 2.21. The van der Waals surface area contributed by atoms with Crippen molar-refractivity contribution in [2.75, 3.05) is 30.3 Å². The first kappa shape index (κ1) is 12.3. The fraction of sp³-hybridized carbons (Fsp3) is 0.455. The van der Waals surface area contributed by atoms with Crippen LogP contribution in [-0.4, -0.2) is 33.8 Å². The van der Waals surface area contributed by atoms with Crippen LogP contribution >= 0.6 is 0 Å². The molecule has 0 bridgehead atoms. The summed E-state index contributed by atoms with van der Waals surface area (Å²) in [5.74, 6) is -0.0126. The van der Waals surface area contributed by atoms with E-state index in [9.17, 15) is 8.42 Å². The predicted molar refractivity (Wildman–Crippen MR) is 68.3 cm³/mol. The van der Waals surface area contributed by atoms with Crippen LogP contribution in [0.5, 0.6) is 0 Å². The zero-order valence-corrected chi connectivity index (χ0v) is 10.4. The maximum atomic E-state index is 11.0. The van der Waals surface area contributed by atoms with Crippen LogP contribution < -0.4 is 15.4 Å². The minimum Gasteiger partial charge on any atom is -0.369 e. The number of hydrogen-bond donors (Lipinski definition) is 2. The average molecular weight is 255 g/mol. The number of primary sulfonamides is 1. The molecule has 17 heavy (non-hydrogen) atoms. The van der Waals surface area contributed by atoms with Crippen molar-refractivity contribution in [1.82, 2.24) is 5.32 Å². The van der Waals surface area contributed by atoms with Crippen molar-refractivity contribution in [3.05, 3.63) is 29.8 Å². The minimum absolute atomic E-state index is 0.0126. The van der Waals surface area contributed by atoms with E-state index in [1.54, 1.807) is 0 Å². The molecule has 0 saturated heterocycles. The molecule has 6 heteroatoms. The molecular formula is C11H17N3O2S. The van der Waals surface area contributed by atoms with E-state index >= 15 is 0 Å². The standard InChI is InChI=1S/C11H17N3O2S/c12-17(15,16)8-7-14-6-5-13-9-10-3-1-2-4-11(10)14/h1-4,13H,5-9H2,(H2,12,15,16). The molecule has 5 nitrogen and oxygen atoms in total. The predicted octanol–water partition coefficient (Wildman–Crippen LogP) is -0.115. The Morgan fingerprint density at radius 2 is 2.12 bits per heavy atom. The summed E-state index contributed by atoms with van der Waals surface area (Å²) in [5.41, 5.74) is 2.29. The normalized spacial score (nSPS) is 16.4. The SMILES string of the molecule is NS(=O)(=O)CCN1CCNCc2ccccc21. The number of fused-ring (bicyclic) bond motifs is 1. The van der Waals surface area contributed by atoms with Gasteiger partial charge in [-0.3, -0.25) is 0 Å². The van der Waals surface area contributed by atoms with Gasteiger partial charge < -0.3 is 10.2 Å². The lowest BCUT2D eigenvalue weighted by atomic mass is 10.1. The summed E-state index contributed by atoms with van der Waals surface area (Å²) in [5, 5.41) is 8.35. The van der Waals surface area contributed by atoms with E-state index in [0.29, 0.717) is 6.54 Å². The molecule has 0 radical (unpaired) electrons. The molecule has 1 aromatic rings. The van der Waals surface area contributed by atoms with Crippen LogP contribution in [-0.2, 0) is 16.6 Å². The highest BCUT2D eigenvalue weighted by atomic mass is 32.2. The minimum atomic E-state index is -3.40. The molecule has 0 amide bonds. The molecule has 0 fully saturated rings. The topological polar surface area (TPSA) is 75.4 Å². The Balaban J connectivity index is 2.17. The van der Waals surface area contributed by atoms with Crippen molar-refractivity contribution < 1.29 is 8.42 Å². The molecule has 3 N–H and O–H groups in total. The van der Waals surface area contributed by atoms with Gasteiger partial charge in [0.05, 0.1) is 5.75 Å². The number of nitrogens with two attached hydrogens (primary N) is 1. The van der Waals surface area contributed by atoms with Gasteiger partial charge >= 0.3 is 0 Å². The molecule has 0 aromatic heterocycles. The number of nitrogens with zero attached hydrogens (tertiary/aromatic N) is 1. The van der Waals surface area contributed by atoms with E-state index in [1.807, 2.05) is 18.2 Å². The van der Waals surface area contributed by atoms with Crippen LogP contribution in [0.2, 0.25) is 0 Å². The molecule has 94 valence electrons. The van der Waals surface area contributed by atoms with Gasteiger partial charge in [-0.1, -0.05) is 18.2 Å². The Bertz CT molecular complexity index is 487. The highest BCUT2D eigenvalue weighted by molar-refractivity contribution is 7.89. The van der Waals surface area contributed by atoms with Crippen molar-refractivity contribution in [2.45, 2.75) is 6.54 Å². The van der Waals surface area contributed by atoms with Gasteiger partial charge in [-0.25, -0.2) is 13.6 Å². The molecule has 0 aliphatic carbocycles. The Kier molecular flexibility index (Phi) is 3.66. The second kappa shape index (κ2) is 5.03. The molecule has 1 aliphatic heterocycles. The summed E-state index contributed by atoms with van der Waals surface area (Å²) in [4.78, 5) is 2.07. The van der Waals surface area contributed by atoms with Gasteiger partial charge in [0.2, 0.25) is 10.0 Å². The summed E-state index contributed by atoms with van der Waals surface area (Å²) >= 11 is 0. The second-order valence-corrected chi connectivity index (χ2v) is 5.89. The smallest absolute Gasteiger partial charge is 0.210 e. The van der Waals surface area contributed by atoms with Crippen LogP contribution in [0.15, 0.2) is 24.3 Å². The van der Waals surface area contributed by atoms with Crippen LogP contribution in [0.4, 0.5) is 5.69 Å². The number of rotatable bonds is 3. The van der Waals surface area contributed by atoms with Crippen molar-refractivity contribution in [3.63, 3.8) is 0 Å². The largest absolute Gasteiger partial charge is 0.369 e. The van der Waals surface area contributed by atoms with E-state index in [-0.39, 0.29) is 5.75 Å². The Labute approximate surface area is 102 Å². The third-order valence-corrected chi connectivity index (χ3v) is 3.60. The van der Waals surface area contributed by atoms with E-state index in [0.717, 1.165) is 25.3 Å². The van der Waals surface area contributed by atoms with Crippen LogP contribution in [0.25, 0.3) is 0 Å². The lowest BCUT2D eigenvalue weighted by Gasteiger charge is -2.23. The molecule has 0 atom stereocenters. The summed E-state index contributed by atoms with van der Waals surface area (Å²) in [6.07, 6.45) is 0. The molecule has 1 aromatic carbocycles. The monoisotopic (exact) mass is 255 g/mol. The molecule has 0 unspecified atom stereocenters. The van der Waals surface area contributed by atoms with Gasteiger partial charge in [0.25, 0.3) is 0 Å². The number of anilines is 1. The van der Waals surface area contributed by atoms with E-state index in [1.165, 1.54) is 5.56 Å². The molecule has 1 heterocycles. The number of sulfonamides is 1. The fourth-order valence-corrected chi connectivity index (χ4v) is 2.47. The third kappa shape index (κ3) is 3.42. The fourth-order valence-electron chi connectivity index (χ4n) is 2.00. The van der Waals surface area contributed by atoms with Crippen LogP contribution in [0.1, 0.15) is 5.56 Å². The third-order valence-electron chi connectivity index (χ3n) is 2.85. The van der Waals surface area contributed by atoms with E-state index in [2.05, 4.69) is 16.3 Å². The van der Waals surface area contributed by atoms with Crippen molar-refractivity contribution in [2.24, 2.45) is 5.14 Å². The van der Waals surface area contributed by atoms with Gasteiger partial charge in [-0.05, 0) is 11.6 Å². The van der Waals surface area contributed by atoms with Crippen molar-refractivity contribution >= 4 is 15.7 Å². The number of hydrogen-bond acceptors (Lipinski definition) is 4. The molecule has 1 aliphatic rings. The first-order valence-corrected chi connectivity index (χ1v) is 7.32. The quantitative estimate of drug-likeness (QED) is 0.790. The summed E-state index contributed by atoms with van der Waals surface area (Å²) in [6, 6.07) is 8.03. The summed E-state index contributed by atoms with van der Waals surface area (Å²) < 4.78 is 22.0. The lowest BCUT2D eigenvalue weighted by molar-refractivity contribution is 0.595.